The molecule has 0 saturated carbocycles. The number of ketones is 2. The highest BCUT2D eigenvalue weighted by Crippen LogP contribution is 2.41. The quantitative estimate of drug-likeness (QED) is 0.157. The van der Waals surface area contributed by atoms with Gasteiger partial charge < -0.3 is 0 Å². The largest absolute Gasteiger partial charge is 0.289 e. The number of benzene rings is 2. The van der Waals surface area contributed by atoms with Crippen LogP contribution in [-0.2, 0) is 22.4 Å². The van der Waals surface area contributed by atoms with Gasteiger partial charge in [-0.1, -0.05) is 107 Å². The van der Waals surface area contributed by atoms with E-state index in [0.29, 0.717) is 0 Å². The molecule has 2 aromatic carbocycles. The van der Waals surface area contributed by atoms with Gasteiger partial charge in [0.25, 0.3) is 0 Å². The fourth-order valence-electron chi connectivity index (χ4n) is 7.31. The summed E-state index contributed by atoms with van der Waals surface area (Å²) in [6, 6.07) is 21.1. The lowest BCUT2D eigenvalue weighted by molar-refractivity contribution is -0.114. The predicted octanol–water partition coefficient (Wildman–Crippen LogP) is 15.6. The molecular weight excluding hydrogens is 777 g/mol. The van der Waals surface area contributed by atoms with Crippen molar-refractivity contribution in [2.75, 3.05) is 0 Å². The second kappa shape index (κ2) is 17.4. The van der Waals surface area contributed by atoms with Gasteiger partial charge in [-0.15, -0.1) is 22.7 Å². The Morgan fingerprint density at radius 1 is 0.483 bits per heavy atom. The van der Waals surface area contributed by atoms with Crippen LogP contribution in [0.2, 0.25) is 0 Å². The fraction of sp³-hybridized carbons (Fsp3) is 0.346. The molecule has 2 aliphatic rings. The van der Waals surface area contributed by atoms with E-state index >= 15 is 0 Å². The van der Waals surface area contributed by atoms with Crippen LogP contribution in [0, 0.1) is 21.7 Å². The van der Waals surface area contributed by atoms with E-state index in [1.807, 2.05) is 36.4 Å². The topological polar surface area (TPSA) is 83.6 Å². The third kappa shape index (κ3) is 10.8. The molecule has 0 spiro atoms. The Hall–Kier alpha value is -5.18. The summed E-state index contributed by atoms with van der Waals surface area (Å²) in [5.74, 6) is 0.199. The van der Waals surface area contributed by atoms with Crippen molar-refractivity contribution in [3.63, 3.8) is 0 Å². The second-order valence-corrected chi connectivity index (χ2v) is 21.8. The van der Waals surface area contributed by atoms with E-state index in [-0.39, 0.29) is 33.2 Å². The van der Waals surface area contributed by atoms with Crippen LogP contribution in [0.15, 0.2) is 162 Å². The molecule has 0 amide bonds. The van der Waals surface area contributed by atoms with Crippen molar-refractivity contribution in [1.82, 2.24) is 0 Å². The zero-order valence-corrected chi connectivity index (χ0v) is 38.9. The minimum atomic E-state index is -0.300. The van der Waals surface area contributed by atoms with Gasteiger partial charge in [0.15, 0.2) is 11.6 Å². The molecule has 0 atom stereocenters. The van der Waals surface area contributed by atoms with Crippen LogP contribution in [0.3, 0.4) is 0 Å². The number of rotatable bonds is 9. The number of Topliss-reactive ketones (excluding diaryl/α,β-unsaturated/α-hetero) is 2. The Kier molecular flexibility index (Phi) is 12.9. The highest BCUT2D eigenvalue weighted by atomic mass is 32.1. The van der Waals surface area contributed by atoms with Gasteiger partial charge >= 0.3 is 0 Å². The predicted molar refractivity (Wildman–Crippen MR) is 251 cm³/mol. The van der Waals surface area contributed by atoms with Gasteiger partial charge in [0.05, 0.1) is 23.8 Å². The van der Waals surface area contributed by atoms with Gasteiger partial charge in [0, 0.05) is 44.9 Å². The summed E-state index contributed by atoms with van der Waals surface area (Å²) >= 11 is 3.48. The Morgan fingerprint density at radius 2 is 0.817 bits per heavy atom. The first-order valence-corrected chi connectivity index (χ1v) is 22.3. The van der Waals surface area contributed by atoms with E-state index < -0.39 is 0 Å². The summed E-state index contributed by atoms with van der Waals surface area (Å²) in [5.41, 5.74) is 9.71. The Labute approximate surface area is 365 Å². The Bertz CT molecular complexity index is 2280. The summed E-state index contributed by atoms with van der Waals surface area (Å²) in [5, 5.41) is 22.7. The summed E-state index contributed by atoms with van der Waals surface area (Å²) in [6.45, 7) is 24.9. The molecule has 6 rings (SSSR count). The Balaban J connectivity index is 1.37. The molecule has 0 saturated heterocycles. The lowest BCUT2D eigenvalue weighted by Gasteiger charge is -2.31. The molecule has 310 valence electrons. The first kappa shape index (κ1) is 44.4. The number of carbonyl (C=O) groups excluding carboxylic acids is 2. The number of nitrogens with zero attached hydrogens (tertiary/aromatic N) is 4. The molecule has 4 aromatic rings. The average molecular weight is 835 g/mol. The smallest absolute Gasteiger partial charge is 0.186 e. The van der Waals surface area contributed by atoms with Crippen molar-refractivity contribution in [1.29, 1.82) is 0 Å². The third-order valence-corrected chi connectivity index (χ3v) is 12.3. The van der Waals surface area contributed by atoms with Crippen molar-refractivity contribution in [3.8, 4) is 11.1 Å². The molecule has 2 aromatic heterocycles. The number of allylic oxidation sites excluding steroid dienone is 10. The lowest BCUT2D eigenvalue weighted by Crippen LogP contribution is -2.27. The molecular formula is C52H58N4O2S2. The number of thiophene rings is 2. The average Bonchev–Trinajstić information content (AvgIpc) is 3.86. The molecule has 6 nitrogen and oxygen atoms in total. The van der Waals surface area contributed by atoms with Gasteiger partial charge in [0.2, 0.25) is 0 Å². The van der Waals surface area contributed by atoms with Gasteiger partial charge in [-0.2, -0.15) is 20.5 Å². The Morgan fingerprint density at radius 3 is 1.10 bits per heavy atom. The van der Waals surface area contributed by atoms with Crippen molar-refractivity contribution >= 4 is 45.6 Å². The van der Waals surface area contributed by atoms with E-state index in [4.69, 9.17) is 0 Å². The van der Waals surface area contributed by atoms with E-state index in [2.05, 4.69) is 163 Å². The fourth-order valence-corrected chi connectivity index (χ4v) is 8.76. The molecule has 60 heavy (non-hydrogen) atoms. The summed E-state index contributed by atoms with van der Waals surface area (Å²) in [6.07, 6.45) is 12.8. The van der Waals surface area contributed by atoms with Crippen LogP contribution >= 0.6 is 22.7 Å². The van der Waals surface area contributed by atoms with Crippen molar-refractivity contribution in [3.05, 3.63) is 162 Å². The summed E-state index contributed by atoms with van der Waals surface area (Å²) in [4.78, 5) is 29.4. The van der Waals surface area contributed by atoms with E-state index in [1.54, 1.807) is 35.1 Å². The van der Waals surface area contributed by atoms with Crippen LogP contribution in [0.1, 0.15) is 104 Å². The number of azo groups is 2. The van der Waals surface area contributed by atoms with Crippen LogP contribution < -0.4 is 0 Å². The van der Waals surface area contributed by atoms with Crippen molar-refractivity contribution < 1.29 is 9.59 Å². The minimum absolute atomic E-state index is 0.0993. The van der Waals surface area contributed by atoms with Gasteiger partial charge in [-0.05, 0) is 127 Å². The summed E-state index contributed by atoms with van der Waals surface area (Å²) < 4.78 is 0. The maximum Gasteiger partial charge on any atom is 0.186 e. The SMILES string of the molecule is CC(C)(C)C1=CC(=CN=Nc2ccc(-c3ccc(N=NC=C4C=C(C(C)(C)C)C(=O)C(C(C)(C)C)=C4)cc3Cc3cccs3)c(Cc3cccs3)c2)C=C(C(C)(C)C)C1=O. The lowest BCUT2D eigenvalue weighted by atomic mass is 9.72. The molecule has 0 radical (unpaired) electrons. The van der Waals surface area contributed by atoms with Crippen LogP contribution in [0.25, 0.3) is 11.1 Å². The highest BCUT2D eigenvalue weighted by molar-refractivity contribution is 7.10. The highest BCUT2D eigenvalue weighted by Gasteiger charge is 2.35. The summed E-state index contributed by atoms with van der Waals surface area (Å²) in [7, 11) is 0. The maximum absolute atomic E-state index is 13.5. The number of hydrogen-bond acceptors (Lipinski definition) is 8. The maximum atomic E-state index is 13.5. The minimum Gasteiger partial charge on any atom is -0.289 e. The molecule has 0 fully saturated rings. The third-order valence-electron chi connectivity index (χ3n) is 10.6. The van der Waals surface area contributed by atoms with E-state index in [0.717, 1.165) is 79.9 Å². The molecule has 0 aliphatic heterocycles. The van der Waals surface area contributed by atoms with Crippen LogP contribution in [0.4, 0.5) is 11.4 Å². The van der Waals surface area contributed by atoms with Crippen molar-refractivity contribution in [2.24, 2.45) is 42.1 Å². The van der Waals surface area contributed by atoms with Crippen LogP contribution in [0.5, 0.6) is 0 Å². The van der Waals surface area contributed by atoms with Gasteiger partial charge in [-0.3, -0.25) is 9.59 Å². The molecule has 0 unspecified atom stereocenters. The van der Waals surface area contributed by atoms with E-state index in [9.17, 15) is 9.59 Å². The zero-order chi connectivity index (χ0) is 43.6. The molecule has 2 aliphatic carbocycles. The van der Waals surface area contributed by atoms with E-state index in [1.165, 1.54) is 9.75 Å². The first-order chi connectivity index (χ1) is 28.1. The monoisotopic (exact) mass is 834 g/mol. The van der Waals surface area contributed by atoms with Crippen molar-refractivity contribution in [2.45, 2.75) is 95.9 Å². The normalized spacial score (nSPS) is 15.7. The standard InChI is InChI=1S/C52H58N4O2S2/c1-49(2,3)43-23-33(24-44(47(43)57)50(4,5)6)31-53-55-37-17-19-41(35(27-37)29-39-15-13-21-59-39)42-20-18-38(28-36(42)30-40-16-14-22-60-40)56-54-32-34-25-45(51(7,8)9)48(58)46(26-34)52(10,11)12/h13-28,31-32H,29-30H2,1-12H3. The second-order valence-electron chi connectivity index (χ2n) is 19.8. The molecule has 0 bridgehead atoms. The molecule has 8 heteroatoms. The molecule has 0 N–H and O–H groups in total. The zero-order valence-electron chi connectivity index (χ0n) is 37.2. The van der Waals surface area contributed by atoms with Gasteiger partial charge in [-0.25, -0.2) is 0 Å². The first-order valence-electron chi connectivity index (χ1n) is 20.6. The van der Waals surface area contributed by atoms with Gasteiger partial charge in [0.1, 0.15) is 0 Å². The van der Waals surface area contributed by atoms with Crippen LogP contribution in [-0.4, -0.2) is 11.6 Å². The number of carbonyl (C=O) groups is 2. The molecule has 2 heterocycles. The number of hydrogen-bond donors (Lipinski definition) is 0.